The van der Waals surface area contributed by atoms with Gasteiger partial charge in [0.2, 0.25) is 0 Å². The highest BCUT2D eigenvalue weighted by molar-refractivity contribution is 5.90. The Kier molecular flexibility index (Phi) is 4.54. The van der Waals surface area contributed by atoms with Gasteiger partial charge < -0.3 is 19.5 Å². The molecule has 27 heavy (non-hydrogen) atoms. The van der Waals surface area contributed by atoms with Crippen LogP contribution in [0.2, 0.25) is 0 Å². The molecule has 1 N–H and O–H groups in total. The number of nitrogens with zero attached hydrogens (tertiary/aromatic N) is 2. The first-order valence-corrected chi connectivity index (χ1v) is 8.78. The number of benzene rings is 2. The van der Waals surface area contributed by atoms with Crippen molar-refractivity contribution in [2.45, 2.75) is 12.6 Å². The van der Waals surface area contributed by atoms with Gasteiger partial charge in [0.15, 0.2) is 0 Å². The number of carbonyl (C=O) groups is 1. The van der Waals surface area contributed by atoms with Crippen LogP contribution in [0.1, 0.15) is 17.3 Å². The van der Waals surface area contributed by atoms with Crippen LogP contribution in [0.25, 0.3) is 0 Å². The largest absolute Gasteiger partial charge is 0.497 e. The second-order valence-corrected chi connectivity index (χ2v) is 6.40. The van der Waals surface area contributed by atoms with Crippen LogP contribution in [0.5, 0.6) is 5.75 Å². The molecule has 6 heteroatoms. The average molecular weight is 365 g/mol. The Balaban J connectivity index is 1.65. The molecule has 1 aliphatic heterocycles. The Morgan fingerprint density at radius 3 is 2.59 bits per heavy atom. The Bertz CT molecular complexity index is 952. The number of hydrogen-bond acceptors (Lipinski definition) is 2. The highest BCUT2D eigenvalue weighted by atomic mass is 19.1. The molecule has 2 aromatic carbocycles. The maximum absolute atomic E-state index is 14.5. The van der Waals surface area contributed by atoms with Crippen molar-refractivity contribution in [2.75, 3.05) is 19.0 Å². The zero-order valence-corrected chi connectivity index (χ0v) is 14.9. The van der Waals surface area contributed by atoms with Gasteiger partial charge >= 0.3 is 6.03 Å². The highest BCUT2D eigenvalue weighted by Gasteiger charge is 2.33. The van der Waals surface area contributed by atoms with Crippen molar-refractivity contribution in [3.63, 3.8) is 0 Å². The van der Waals surface area contributed by atoms with E-state index in [1.54, 1.807) is 54.5 Å². The van der Waals surface area contributed by atoms with Crippen molar-refractivity contribution in [3.05, 3.63) is 83.9 Å². The summed E-state index contributed by atoms with van der Waals surface area (Å²) in [5.74, 6) is 0.396. The van der Waals surface area contributed by atoms with Crippen LogP contribution >= 0.6 is 0 Å². The molecule has 5 nitrogen and oxygen atoms in total. The van der Waals surface area contributed by atoms with Crippen LogP contribution in [-0.4, -0.2) is 29.2 Å². The highest BCUT2D eigenvalue weighted by Crippen LogP contribution is 2.34. The molecule has 3 aromatic rings. The smallest absolute Gasteiger partial charge is 0.322 e. The third-order valence-corrected chi connectivity index (χ3v) is 4.84. The Hall–Kier alpha value is -3.28. The molecule has 0 radical (unpaired) electrons. The molecule has 2 amide bonds. The average Bonchev–Trinajstić information content (AvgIpc) is 3.17. The molecule has 0 saturated carbocycles. The van der Waals surface area contributed by atoms with Crippen LogP contribution in [0.4, 0.5) is 14.9 Å². The van der Waals surface area contributed by atoms with E-state index < -0.39 is 6.04 Å². The van der Waals surface area contributed by atoms with Crippen LogP contribution in [0, 0.1) is 5.82 Å². The fraction of sp³-hybridized carbons (Fsp3) is 0.190. The predicted molar refractivity (Wildman–Crippen MR) is 101 cm³/mol. The number of amides is 2. The second kappa shape index (κ2) is 7.15. The molecular formula is C21H20FN3O2. The van der Waals surface area contributed by atoms with E-state index in [4.69, 9.17) is 4.74 Å². The quantitative estimate of drug-likeness (QED) is 0.753. The van der Waals surface area contributed by atoms with Gasteiger partial charge in [0.1, 0.15) is 17.6 Å². The zero-order valence-electron chi connectivity index (χ0n) is 14.9. The van der Waals surface area contributed by atoms with Gasteiger partial charge in [0, 0.05) is 36.2 Å². The first-order chi connectivity index (χ1) is 13.2. The van der Waals surface area contributed by atoms with E-state index in [9.17, 15) is 9.18 Å². The minimum atomic E-state index is -0.479. The topological polar surface area (TPSA) is 46.5 Å². The van der Waals surface area contributed by atoms with Gasteiger partial charge in [-0.2, -0.15) is 0 Å². The Labute approximate surface area is 157 Å². The van der Waals surface area contributed by atoms with E-state index in [1.807, 2.05) is 18.3 Å². The zero-order chi connectivity index (χ0) is 18.8. The first-order valence-electron chi connectivity index (χ1n) is 8.78. The van der Waals surface area contributed by atoms with Crippen LogP contribution in [0.3, 0.4) is 0 Å². The summed E-state index contributed by atoms with van der Waals surface area (Å²) in [7, 11) is 1.59. The van der Waals surface area contributed by atoms with E-state index in [0.717, 1.165) is 5.69 Å². The van der Waals surface area contributed by atoms with Crippen molar-refractivity contribution >= 4 is 11.7 Å². The van der Waals surface area contributed by atoms with E-state index >= 15 is 0 Å². The lowest BCUT2D eigenvalue weighted by Crippen LogP contribution is -2.44. The van der Waals surface area contributed by atoms with E-state index in [1.165, 1.54) is 6.07 Å². The number of halogens is 1. The van der Waals surface area contributed by atoms with E-state index in [-0.39, 0.29) is 11.8 Å². The van der Waals surface area contributed by atoms with Gasteiger partial charge in [-0.1, -0.05) is 18.2 Å². The summed E-state index contributed by atoms with van der Waals surface area (Å²) in [5.41, 5.74) is 2.05. The lowest BCUT2D eigenvalue weighted by Gasteiger charge is -2.37. The molecule has 1 aromatic heterocycles. The predicted octanol–water partition coefficient (Wildman–Crippen LogP) is 4.27. The molecule has 0 aliphatic carbocycles. The molecule has 2 heterocycles. The third-order valence-electron chi connectivity index (χ3n) is 4.84. The molecule has 1 aliphatic rings. The summed E-state index contributed by atoms with van der Waals surface area (Å²) < 4.78 is 21.7. The fourth-order valence-electron chi connectivity index (χ4n) is 3.50. The van der Waals surface area contributed by atoms with E-state index in [0.29, 0.717) is 30.1 Å². The maximum atomic E-state index is 14.5. The molecule has 138 valence electrons. The lowest BCUT2D eigenvalue weighted by atomic mass is 9.99. The van der Waals surface area contributed by atoms with Gasteiger partial charge in [0.25, 0.3) is 0 Å². The summed E-state index contributed by atoms with van der Waals surface area (Å²) in [6.07, 6.45) is 1.96. The van der Waals surface area contributed by atoms with Crippen LogP contribution in [0.15, 0.2) is 66.9 Å². The molecule has 4 rings (SSSR count). The van der Waals surface area contributed by atoms with Gasteiger partial charge in [-0.25, -0.2) is 9.18 Å². The summed E-state index contributed by atoms with van der Waals surface area (Å²) in [6.45, 7) is 1.16. The molecule has 0 spiro atoms. The van der Waals surface area contributed by atoms with Gasteiger partial charge in [-0.05, 0) is 42.5 Å². The molecule has 0 saturated heterocycles. The molecular weight excluding hydrogens is 345 g/mol. The number of fused-ring (bicyclic) bond motifs is 1. The fourth-order valence-corrected chi connectivity index (χ4v) is 3.50. The minimum absolute atomic E-state index is 0.263. The van der Waals surface area contributed by atoms with Gasteiger partial charge in [-0.3, -0.25) is 0 Å². The number of aromatic nitrogens is 1. The number of hydrogen-bond donors (Lipinski definition) is 1. The first kappa shape index (κ1) is 17.1. The normalized spacial score (nSPS) is 15.9. The summed E-state index contributed by atoms with van der Waals surface area (Å²) in [6, 6.07) is 16.8. The standard InChI is InChI=1S/C21H20FN3O2/c1-27-16-10-8-15(9-11-16)23-21(26)25-14-13-24-12-4-7-19(24)20(25)17-5-2-3-6-18(17)22/h2-12,20H,13-14H2,1H3,(H,23,26)/t20-/m0/s1. The molecule has 0 unspecified atom stereocenters. The lowest BCUT2D eigenvalue weighted by molar-refractivity contribution is 0.180. The number of anilines is 1. The Morgan fingerprint density at radius 1 is 1.07 bits per heavy atom. The van der Waals surface area contributed by atoms with Crippen LogP contribution in [-0.2, 0) is 6.54 Å². The van der Waals surface area contributed by atoms with Gasteiger partial charge in [-0.15, -0.1) is 0 Å². The number of ether oxygens (including phenoxy) is 1. The SMILES string of the molecule is COc1ccc(NC(=O)N2CCn3cccc3[C@@H]2c2ccccc2F)cc1. The van der Waals surface area contributed by atoms with Crippen molar-refractivity contribution in [1.29, 1.82) is 0 Å². The molecule has 1 atom stereocenters. The monoisotopic (exact) mass is 365 g/mol. The van der Waals surface area contributed by atoms with E-state index in [2.05, 4.69) is 9.88 Å². The van der Waals surface area contributed by atoms with Crippen molar-refractivity contribution in [1.82, 2.24) is 9.47 Å². The van der Waals surface area contributed by atoms with Gasteiger partial charge in [0.05, 0.1) is 7.11 Å². The number of urea groups is 1. The third kappa shape index (κ3) is 3.26. The van der Waals surface area contributed by atoms with Crippen molar-refractivity contribution in [3.8, 4) is 5.75 Å². The Morgan fingerprint density at radius 2 is 1.85 bits per heavy atom. The molecule has 0 fully saturated rings. The number of carbonyl (C=O) groups excluding carboxylic acids is 1. The summed E-state index contributed by atoms with van der Waals surface area (Å²) in [5, 5.41) is 2.90. The maximum Gasteiger partial charge on any atom is 0.322 e. The number of nitrogens with one attached hydrogen (secondary N) is 1. The summed E-state index contributed by atoms with van der Waals surface area (Å²) in [4.78, 5) is 14.7. The van der Waals surface area contributed by atoms with Crippen LogP contribution < -0.4 is 10.1 Å². The summed E-state index contributed by atoms with van der Waals surface area (Å²) >= 11 is 0. The van der Waals surface area contributed by atoms with Crippen molar-refractivity contribution < 1.29 is 13.9 Å². The number of rotatable bonds is 3. The second-order valence-electron chi connectivity index (χ2n) is 6.40. The number of methoxy groups -OCH3 is 1. The van der Waals surface area contributed by atoms with Crippen molar-refractivity contribution in [2.24, 2.45) is 0 Å². The minimum Gasteiger partial charge on any atom is -0.497 e. The molecule has 0 bridgehead atoms.